The SMILES string of the molecule is COc1ccc(OC)c([C@H]2C(=C(O)c3ccc(Cl)cc3)C(=O)C(=O)N2c2nc3ccc(F)cc3s2)c1. The molecule has 7 nitrogen and oxygen atoms in total. The molecule has 0 saturated carbocycles. The number of ether oxygens (including phenoxy) is 2. The molecule has 0 aliphatic carbocycles. The quantitative estimate of drug-likeness (QED) is 0.204. The van der Waals surface area contributed by atoms with E-state index >= 15 is 0 Å². The predicted octanol–water partition coefficient (Wildman–Crippen LogP) is 5.73. The van der Waals surface area contributed by atoms with Crippen molar-refractivity contribution in [2.75, 3.05) is 19.1 Å². The highest BCUT2D eigenvalue weighted by Gasteiger charge is 2.49. The number of halogens is 2. The van der Waals surface area contributed by atoms with Crippen LogP contribution in [0.1, 0.15) is 17.2 Å². The summed E-state index contributed by atoms with van der Waals surface area (Å²) < 4.78 is 25.2. The van der Waals surface area contributed by atoms with E-state index in [4.69, 9.17) is 21.1 Å². The van der Waals surface area contributed by atoms with E-state index in [2.05, 4.69) is 4.98 Å². The number of aliphatic hydroxyl groups is 1. The Morgan fingerprint density at radius 2 is 1.81 bits per heavy atom. The van der Waals surface area contributed by atoms with Gasteiger partial charge in [0.2, 0.25) is 0 Å². The highest BCUT2D eigenvalue weighted by atomic mass is 35.5. The molecule has 1 saturated heterocycles. The molecule has 0 spiro atoms. The van der Waals surface area contributed by atoms with Gasteiger partial charge >= 0.3 is 5.91 Å². The van der Waals surface area contributed by atoms with Gasteiger partial charge in [0, 0.05) is 16.1 Å². The second kappa shape index (κ2) is 9.25. The fourth-order valence-electron chi connectivity index (χ4n) is 4.13. The normalized spacial score (nSPS) is 17.1. The van der Waals surface area contributed by atoms with Crippen LogP contribution in [0.5, 0.6) is 11.5 Å². The first-order valence-electron chi connectivity index (χ1n) is 10.7. The Morgan fingerprint density at radius 1 is 1.06 bits per heavy atom. The summed E-state index contributed by atoms with van der Waals surface area (Å²) in [6.07, 6.45) is 0. The van der Waals surface area contributed by atoms with Gasteiger partial charge in [-0.15, -0.1) is 0 Å². The number of hydrogen-bond acceptors (Lipinski definition) is 7. The number of carbonyl (C=O) groups excluding carboxylic acids is 2. The Morgan fingerprint density at radius 3 is 2.50 bits per heavy atom. The molecule has 182 valence electrons. The van der Waals surface area contributed by atoms with Crippen molar-refractivity contribution >= 4 is 55.7 Å². The molecule has 1 aliphatic rings. The van der Waals surface area contributed by atoms with E-state index in [-0.39, 0.29) is 16.5 Å². The maximum absolute atomic E-state index is 13.8. The molecule has 10 heteroatoms. The first-order valence-corrected chi connectivity index (χ1v) is 11.9. The van der Waals surface area contributed by atoms with E-state index in [1.165, 1.54) is 37.3 Å². The fraction of sp³-hybridized carbons (Fsp3) is 0.115. The van der Waals surface area contributed by atoms with Crippen molar-refractivity contribution in [2.24, 2.45) is 0 Å². The van der Waals surface area contributed by atoms with Crippen molar-refractivity contribution < 1.29 is 28.6 Å². The zero-order chi connectivity index (χ0) is 25.6. The molecule has 1 fully saturated rings. The zero-order valence-corrected chi connectivity index (χ0v) is 20.6. The molecular weight excluding hydrogens is 507 g/mol. The van der Waals surface area contributed by atoms with E-state index in [0.29, 0.717) is 37.9 Å². The number of rotatable bonds is 5. The van der Waals surface area contributed by atoms with Gasteiger partial charge in [-0.1, -0.05) is 22.9 Å². The van der Waals surface area contributed by atoms with Gasteiger partial charge in [0.25, 0.3) is 5.78 Å². The minimum atomic E-state index is -1.10. The van der Waals surface area contributed by atoms with Crippen LogP contribution in [0.15, 0.2) is 66.2 Å². The van der Waals surface area contributed by atoms with Crippen LogP contribution in [-0.4, -0.2) is 36.0 Å². The van der Waals surface area contributed by atoms with Gasteiger partial charge in [-0.05, 0) is 60.7 Å². The standard InChI is InChI=1S/C26H18ClFN2O5S/c1-34-16-8-10-19(35-2)17(12-16)22-21(23(31)13-3-5-14(27)6-4-13)24(32)25(33)30(22)26-29-18-9-7-15(28)11-20(18)36-26/h3-12,22,31H,1-2H3/t22-/m0/s1. The number of aromatic nitrogens is 1. The van der Waals surface area contributed by atoms with Crippen LogP contribution in [0.25, 0.3) is 16.0 Å². The lowest BCUT2D eigenvalue weighted by atomic mass is 9.94. The van der Waals surface area contributed by atoms with Crippen LogP contribution in [0.4, 0.5) is 9.52 Å². The Labute approximate surface area is 214 Å². The summed E-state index contributed by atoms with van der Waals surface area (Å²) in [5, 5.41) is 11.9. The molecule has 0 unspecified atom stereocenters. The molecule has 1 aliphatic heterocycles. The van der Waals surface area contributed by atoms with Crippen LogP contribution >= 0.6 is 22.9 Å². The number of benzene rings is 3. The highest BCUT2D eigenvalue weighted by molar-refractivity contribution is 7.22. The van der Waals surface area contributed by atoms with Crippen molar-refractivity contribution in [3.63, 3.8) is 0 Å². The van der Waals surface area contributed by atoms with Crippen molar-refractivity contribution in [1.82, 2.24) is 4.98 Å². The Bertz CT molecular complexity index is 1550. The maximum atomic E-state index is 13.8. The summed E-state index contributed by atoms with van der Waals surface area (Å²) in [5.41, 5.74) is 1.01. The Balaban J connectivity index is 1.78. The van der Waals surface area contributed by atoms with Gasteiger partial charge in [0.15, 0.2) is 5.13 Å². The van der Waals surface area contributed by atoms with E-state index in [0.717, 1.165) is 11.3 Å². The van der Waals surface area contributed by atoms with Crippen molar-refractivity contribution in [2.45, 2.75) is 6.04 Å². The summed E-state index contributed by atoms with van der Waals surface area (Å²) >= 11 is 7.04. The van der Waals surface area contributed by atoms with Crippen LogP contribution in [0.2, 0.25) is 5.02 Å². The Kier molecular flexibility index (Phi) is 6.11. The maximum Gasteiger partial charge on any atom is 0.301 e. The second-order valence-corrected chi connectivity index (χ2v) is 9.34. The summed E-state index contributed by atoms with van der Waals surface area (Å²) in [7, 11) is 2.94. The minimum absolute atomic E-state index is 0.153. The van der Waals surface area contributed by atoms with Gasteiger partial charge < -0.3 is 14.6 Å². The summed E-state index contributed by atoms with van der Waals surface area (Å²) in [6.45, 7) is 0. The lowest BCUT2D eigenvalue weighted by molar-refractivity contribution is -0.132. The third kappa shape index (κ3) is 3.96. The van der Waals surface area contributed by atoms with E-state index in [9.17, 15) is 19.1 Å². The molecule has 1 amide bonds. The monoisotopic (exact) mass is 524 g/mol. The molecule has 4 aromatic rings. The highest BCUT2D eigenvalue weighted by Crippen LogP contribution is 2.47. The second-order valence-electron chi connectivity index (χ2n) is 7.89. The van der Waals surface area contributed by atoms with E-state index in [1.807, 2.05) is 0 Å². The molecule has 5 rings (SSSR count). The van der Waals surface area contributed by atoms with Gasteiger partial charge in [-0.25, -0.2) is 9.37 Å². The number of fused-ring (bicyclic) bond motifs is 1. The number of carbonyl (C=O) groups is 2. The lowest BCUT2D eigenvalue weighted by Gasteiger charge is -2.25. The predicted molar refractivity (Wildman–Crippen MR) is 135 cm³/mol. The third-order valence-electron chi connectivity index (χ3n) is 5.84. The molecule has 36 heavy (non-hydrogen) atoms. The van der Waals surface area contributed by atoms with Gasteiger partial charge in [0.1, 0.15) is 29.1 Å². The number of anilines is 1. The van der Waals surface area contributed by atoms with Crippen LogP contribution in [-0.2, 0) is 9.59 Å². The first-order chi connectivity index (χ1) is 17.3. The number of thiazole rings is 1. The zero-order valence-electron chi connectivity index (χ0n) is 19.0. The molecule has 1 atom stereocenters. The van der Waals surface area contributed by atoms with Crippen LogP contribution in [0.3, 0.4) is 0 Å². The topological polar surface area (TPSA) is 89.0 Å². The summed E-state index contributed by atoms with van der Waals surface area (Å²) in [6, 6.07) is 14.1. The fourth-order valence-corrected chi connectivity index (χ4v) is 5.27. The molecule has 1 N–H and O–H groups in total. The average molecular weight is 525 g/mol. The van der Waals surface area contributed by atoms with Crippen molar-refractivity contribution in [1.29, 1.82) is 0 Å². The lowest BCUT2D eigenvalue weighted by Crippen LogP contribution is -2.29. The van der Waals surface area contributed by atoms with Crippen molar-refractivity contribution in [3.8, 4) is 11.5 Å². The molecule has 0 bridgehead atoms. The number of nitrogens with zero attached hydrogens (tertiary/aromatic N) is 2. The average Bonchev–Trinajstić information content (AvgIpc) is 3.41. The number of ketones is 1. The smallest absolute Gasteiger partial charge is 0.301 e. The number of Topliss-reactive ketones (excluding diaryl/α,β-unsaturated/α-hetero) is 1. The van der Waals surface area contributed by atoms with Gasteiger partial charge in [-0.2, -0.15) is 0 Å². The largest absolute Gasteiger partial charge is 0.507 e. The van der Waals surface area contributed by atoms with Gasteiger partial charge in [-0.3, -0.25) is 14.5 Å². The third-order valence-corrected chi connectivity index (χ3v) is 7.11. The molecule has 0 radical (unpaired) electrons. The molecular formula is C26H18ClFN2O5S. The number of methoxy groups -OCH3 is 2. The van der Waals surface area contributed by atoms with Crippen molar-refractivity contribution in [3.05, 3.63) is 88.2 Å². The number of amides is 1. The van der Waals surface area contributed by atoms with Gasteiger partial charge in [0.05, 0.1) is 30.0 Å². The van der Waals surface area contributed by atoms with Crippen LogP contribution in [0, 0.1) is 5.82 Å². The minimum Gasteiger partial charge on any atom is -0.507 e. The van der Waals surface area contributed by atoms with Crippen LogP contribution < -0.4 is 14.4 Å². The number of aliphatic hydroxyl groups excluding tert-OH is 1. The molecule has 1 aromatic heterocycles. The summed E-state index contributed by atoms with van der Waals surface area (Å²) in [4.78, 5) is 32.5. The van der Waals surface area contributed by atoms with E-state index < -0.39 is 23.5 Å². The summed E-state index contributed by atoms with van der Waals surface area (Å²) in [5.74, 6) is -1.80. The van der Waals surface area contributed by atoms with E-state index in [1.54, 1.807) is 42.5 Å². The number of hydrogen-bond donors (Lipinski definition) is 1. The Hall–Kier alpha value is -3.95. The molecule has 2 heterocycles. The first kappa shape index (κ1) is 23.8. The molecule has 3 aromatic carbocycles.